The Labute approximate surface area is 226 Å². The summed E-state index contributed by atoms with van der Waals surface area (Å²) in [5.74, 6) is 0.702. The minimum absolute atomic E-state index is 0.113. The molecule has 3 rings (SSSR count). The van der Waals surface area contributed by atoms with Crippen molar-refractivity contribution in [3.05, 3.63) is 69.5 Å². The van der Waals surface area contributed by atoms with Gasteiger partial charge >= 0.3 is 0 Å². The Morgan fingerprint density at radius 2 is 1.83 bits per heavy atom. The van der Waals surface area contributed by atoms with Crippen LogP contribution in [0, 0.1) is 5.92 Å². The fourth-order valence-electron chi connectivity index (χ4n) is 3.84. The Morgan fingerprint density at radius 3 is 2.50 bits per heavy atom. The molecule has 192 valence electrons. The Hall–Kier alpha value is -2.55. The van der Waals surface area contributed by atoms with Crippen LogP contribution in [0.3, 0.4) is 0 Å². The number of hydrogen-bond donors (Lipinski definition) is 2. The van der Waals surface area contributed by atoms with E-state index in [0.717, 1.165) is 17.7 Å². The van der Waals surface area contributed by atoms with Crippen LogP contribution in [0.1, 0.15) is 61.9 Å². The smallest absolute Gasteiger partial charge is 0.253 e. The van der Waals surface area contributed by atoms with Gasteiger partial charge in [-0.1, -0.05) is 73.9 Å². The first-order valence-corrected chi connectivity index (χ1v) is 13.7. The fraction of sp³-hybridized carbons (Fsp3) is 0.385. The zero-order valence-electron chi connectivity index (χ0n) is 20.8. The van der Waals surface area contributed by atoms with Crippen molar-refractivity contribution in [1.29, 1.82) is 0 Å². The first-order chi connectivity index (χ1) is 17.2. The number of nitrogens with zero attached hydrogens (tertiary/aromatic N) is 3. The summed E-state index contributed by atoms with van der Waals surface area (Å²) in [6.07, 6.45) is 1.50. The second kappa shape index (κ2) is 13.1. The van der Waals surface area contributed by atoms with Gasteiger partial charge in [0, 0.05) is 17.3 Å². The van der Waals surface area contributed by atoms with Crippen LogP contribution in [0.4, 0.5) is 5.69 Å². The molecule has 0 unspecified atom stereocenters. The van der Waals surface area contributed by atoms with Crippen LogP contribution in [0.5, 0.6) is 0 Å². The second-order valence-electron chi connectivity index (χ2n) is 8.71. The van der Waals surface area contributed by atoms with E-state index in [1.54, 1.807) is 18.2 Å². The number of benzene rings is 2. The third-order valence-electron chi connectivity index (χ3n) is 5.57. The summed E-state index contributed by atoms with van der Waals surface area (Å²) in [6.45, 7) is 8.79. The largest absolute Gasteiger partial charge is 0.342 e. The van der Waals surface area contributed by atoms with Crippen molar-refractivity contribution < 1.29 is 9.59 Å². The monoisotopic (exact) mass is 547 g/mol. The van der Waals surface area contributed by atoms with Crippen molar-refractivity contribution in [3.8, 4) is 0 Å². The molecule has 2 aromatic carbocycles. The predicted molar refractivity (Wildman–Crippen MR) is 147 cm³/mol. The lowest BCUT2D eigenvalue weighted by molar-refractivity contribution is -0.113. The molecule has 1 atom stereocenters. The number of carbonyl (C=O) groups excluding carboxylic acids is 2. The average molecular weight is 549 g/mol. The lowest BCUT2D eigenvalue weighted by atomic mass is 10.0. The molecule has 10 heteroatoms. The molecule has 0 aliphatic carbocycles. The molecule has 0 aliphatic heterocycles. The number of nitrogens with one attached hydrogen (secondary N) is 2. The van der Waals surface area contributed by atoms with E-state index in [1.807, 2.05) is 35.8 Å². The molecule has 0 saturated carbocycles. The summed E-state index contributed by atoms with van der Waals surface area (Å²) < 4.78 is 1.94. The van der Waals surface area contributed by atoms with Gasteiger partial charge < -0.3 is 15.2 Å². The van der Waals surface area contributed by atoms with Crippen LogP contribution >= 0.6 is 35.0 Å². The number of para-hydroxylation sites is 1. The Kier molecular flexibility index (Phi) is 10.2. The van der Waals surface area contributed by atoms with Gasteiger partial charge in [-0.25, -0.2) is 0 Å². The molecule has 0 fully saturated rings. The van der Waals surface area contributed by atoms with Crippen LogP contribution in [0.2, 0.25) is 10.0 Å². The van der Waals surface area contributed by atoms with E-state index < -0.39 is 0 Å². The standard InChI is InChI=1S/C26H31Cl2N5O2S/c1-5-17-9-7-8-10-21(17)29-23(34)15-36-26-32-31-24(33(26)6-2)22(13-16(3)4)30-25(35)19-12-11-18(27)14-20(19)28/h7-12,14,16,22H,5-6,13,15H2,1-4H3,(H,29,34)(H,30,35)/t22-/m1/s1. The number of halogens is 2. The molecule has 3 aromatic rings. The van der Waals surface area contributed by atoms with Gasteiger partial charge in [0.1, 0.15) is 0 Å². The van der Waals surface area contributed by atoms with Crippen LogP contribution in [-0.4, -0.2) is 32.3 Å². The summed E-state index contributed by atoms with van der Waals surface area (Å²) in [5.41, 5.74) is 2.25. The number of aromatic nitrogens is 3. The number of anilines is 1. The van der Waals surface area contributed by atoms with E-state index >= 15 is 0 Å². The van der Waals surface area contributed by atoms with Crippen LogP contribution in [0.25, 0.3) is 0 Å². The number of rotatable bonds is 11. The van der Waals surface area contributed by atoms with Gasteiger partial charge in [0.25, 0.3) is 5.91 Å². The van der Waals surface area contributed by atoms with E-state index in [9.17, 15) is 9.59 Å². The van der Waals surface area contributed by atoms with E-state index in [0.29, 0.717) is 40.5 Å². The number of hydrogen-bond acceptors (Lipinski definition) is 5. The Bertz CT molecular complexity index is 1210. The molecule has 1 heterocycles. The van der Waals surface area contributed by atoms with Gasteiger partial charge in [-0.05, 0) is 55.5 Å². The zero-order chi connectivity index (χ0) is 26.2. The molecule has 0 radical (unpaired) electrons. The van der Waals surface area contributed by atoms with Crippen molar-refractivity contribution in [2.45, 2.75) is 58.3 Å². The summed E-state index contributed by atoms with van der Waals surface area (Å²) in [7, 11) is 0. The maximum Gasteiger partial charge on any atom is 0.253 e. The SMILES string of the molecule is CCc1ccccc1NC(=O)CSc1nnc([C@@H](CC(C)C)NC(=O)c2ccc(Cl)cc2Cl)n1CC. The van der Waals surface area contributed by atoms with Gasteiger partial charge in [-0.15, -0.1) is 10.2 Å². The molecule has 2 amide bonds. The van der Waals surface area contributed by atoms with Crippen molar-refractivity contribution >= 4 is 52.5 Å². The molecule has 0 saturated heterocycles. The van der Waals surface area contributed by atoms with Gasteiger partial charge in [0.05, 0.1) is 22.4 Å². The molecule has 0 aliphatic rings. The number of amides is 2. The number of carbonyl (C=O) groups is 2. The molecule has 7 nitrogen and oxygen atoms in total. The molecular weight excluding hydrogens is 517 g/mol. The van der Waals surface area contributed by atoms with Gasteiger partial charge in [0.2, 0.25) is 5.91 Å². The normalized spacial score (nSPS) is 12.0. The summed E-state index contributed by atoms with van der Waals surface area (Å²) >= 11 is 13.5. The molecule has 0 bridgehead atoms. The quantitative estimate of drug-likeness (QED) is 0.270. The van der Waals surface area contributed by atoms with E-state index in [-0.39, 0.29) is 28.6 Å². The van der Waals surface area contributed by atoms with Crippen molar-refractivity contribution in [2.75, 3.05) is 11.1 Å². The highest BCUT2D eigenvalue weighted by atomic mass is 35.5. The summed E-state index contributed by atoms with van der Waals surface area (Å²) in [6, 6.07) is 12.2. The van der Waals surface area contributed by atoms with Crippen LogP contribution < -0.4 is 10.6 Å². The molecule has 36 heavy (non-hydrogen) atoms. The van der Waals surface area contributed by atoms with Crippen LogP contribution in [0.15, 0.2) is 47.6 Å². The predicted octanol–water partition coefficient (Wildman–Crippen LogP) is 6.42. The van der Waals surface area contributed by atoms with Crippen molar-refractivity contribution in [2.24, 2.45) is 5.92 Å². The highest BCUT2D eigenvalue weighted by Gasteiger charge is 2.25. The average Bonchev–Trinajstić information content (AvgIpc) is 3.25. The zero-order valence-corrected chi connectivity index (χ0v) is 23.2. The van der Waals surface area contributed by atoms with Crippen LogP contribution in [-0.2, 0) is 17.8 Å². The van der Waals surface area contributed by atoms with Gasteiger partial charge in [-0.2, -0.15) is 0 Å². The van der Waals surface area contributed by atoms with Crippen molar-refractivity contribution in [3.63, 3.8) is 0 Å². The third-order valence-corrected chi connectivity index (χ3v) is 7.08. The molecule has 1 aromatic heterocycles. The molecule has 0 spiro atoms. The lowest BCUT2D eigenvalue weighted by Gasteiger charge is -2.21. The minimum atomic E-state index is -0.378. The van der Waals surface area contributed by atoms with E-state index in [4.69, 9.17) is 23.2 Å². The summed E-state index contributed by atoms with van der Waals surface area (Å²) in [4.78, 5) is 25.7. The maximum atomic E-state index is 13.0. The lowest BCUT2D eigenvalue weighted by Crippen LogP contribution is -2.32. The third kappa shape index (κ3) is 7.24. The maximum absolute atomic E-state index is 13.0. The second-order valence-corrected chi connectivity index (χ2v) is 10.5. The van der Waals surface area contributed by atoms with Crippen molar-refractivity contribution in [1.82, 2.24) is 20.1 Å². The minimum Gasteiger partial charge on any atom is -0.342 e. The first kappa shape index (κ1) is 28.0. The van der Waals surface area contributed by atoms with Gasteiger partial charge in [0.15, 0.2) is 11.0 Å². The molecule has 2 N–H and O–H groups in total. The Balaban J connectivity index is 1.75. The topological polar surface area (TPSA) is 88.9 Å². The molecular formula is C26H31Cl2N5O2S. The summed E-state index contributed by atoms with van der Waals surface area (Å²) in [5, 5.41) is 16.2. The first-order valence-electron chi connectivity index (χ1n) is 11.9. The van der Waals surface area contributed by atoms with E-state index in [2.05, 4.69) is 41.6 Å². The fourth-order valence-corrected chi connectivity index (χ4v) is 5.14. The Morgan fingerprint density at radius 1 is 1.08 bits per heavy atom. The van der Waals surface area contributed by atoms with E-state index in [1.165, 1.54) is 11.8 Å². The highest BCUT2D eigenvalue weighted by molar-refractivity contribution is 7.99. The number of thioether (sulfide) groups is 1. The number of aryl methyl sites for hydroxylation is 1. The highest BCUT2D eigenvalue weighted by Crippen LogP contribution is 2.27. The van der Waals surface area contributed by atoms with Gasteiger partial charge in [-0.3, -0.25) is 9.59 Å².